The quantitative estimate of drug-likeness (QED) is 0.498. The molecule has 0 spiro atoms. The zero-order chi connectivity index (χ0) is 14.8. The summed E-state index contributed by atoms with van der Waals surface area (Å²) in [5.41, 5.74) is 1.88. The number of fused-ring (bicyclic) bond motifs is 1. The van der Waals surface area contributed by atoms with Crippen LogP contribution in [0.25, 0.3) is 5.70 Å². The van der Waals surface area contributed by atoms with Crippen molar-refractivity contribution in [3.8, 4) is 6.07 Å². The van der Waals surface area contributed by atoms with Crippen LogP contribution < -0.4 is 5.32 Å². The van der Waals surface area contributed by atoms with Crippen molar-refractivity contribution >= 4 is 5.70 Å². The van der Waals surface area contributed by atoms with Crippen LogP contribution in [0.5, 0.6) is 0 Å². The summed E-state index contributed by atoms with van der Waals surface area (Å²) in [5.74, 6) is 0.433. The number of allylic oxidation sites excluding steroid dienone is 2. The minimum atomic E-state index is -0.458. The first kappa shape index (κ1) is 12.9. The zero-order valence-corrected chi connectivity index (χ0v) is 11.0. The number of pyridine rings is 1. The Bertz CT molecular complexity index is 727. The highest BCUT2D eigenvalue weighted by Gasteiger charge is 2.36. The molecule has 7 nitrogen and oxygen atoms in total. The molecule has 1 N–H and O–H groups in total. The maximum absolute atomic E-state index is 11.3. The summed E-state index contributed by atoms with van der Waals surface area (Å²) in [7, 11) is 0. The van der Waals surface area contributed by atoms with Gasteiger partial charge >= 0.3 is 5.70 Å². The Kier molecular flexibility index (Phi) is 3.12. The molecule has 0 radical (unpaired) electrons. The summed E-state index contributed by atoms with van der Waals surface area (Å²) >= 11 is 0. The normalized spacial score (nSPS) is 18.9. The number of nitrogens with one attached hydrogen (secondary N) is 1. The van der Waals surface area contributed by atoms with Crippen LogP contribution in [0.15, 0.2) is 53.8 Å². The van der Waals surface area contributed by atoms with Crippen LogP contribution >= 0.6 is 0 Å². The predicted octanol–water partition coefficient (Wildman–Crippen LogP) is 1.24. The van der Waals surface area contributed by atoms with Crippen molar-refractivity contribution in [2.75, 3.05) is 13.1 Å². The standard InChI is InChI=1S/C14H11N5O2/c15-4-3-10-8-12(11-2-1-5-16-9-11)18-7-6-17-14(18)13(10)19(20)21/h1-3,5,8-9,17H,6-7H2/b10-3+. The van der Waals surface area contributed by atoms with E-state index in [1.807, 2.05) is 17.0 Å². The smallest absolute Gasteiger partial charge is 0.317 e. The molecule has 1 aromatic heterocycles. The highest BCUT2D eigenvalue weighted by Crippen LogP contribution is 2.35. The summed E-state index contributed by atoms with van der Waals surface area (Å²) in [6, 6.07) is 5.56. The van der Waals surface area contributed by atoms with Crippen LogP contribution in [0.1, 0.15) is 5.56 Å². The molecule has 2 aliphatic heterocycles. The molecule has 1 aromatic rings. The maximum Gasteiger partial charge on any atom is 0.317 e. The van der Waals surface area contributed by atoms with Crippen molar-refractivity contribution in [3.05, 3.63) is 69.4 Å². The van der Waals surface area contributed by atoms with Gasteiger partial charge in [0.25, 0.3) is 0 Å². The van der Waals surface area contributed by atoms with Gasteiger partial charge in [0, 0.05) is 37.1 Å². The van der Waals surface area contributed by atoms with Gasteiger partial charge in [0.1, 0.15) is 0 Å². The lowest BCUT2D eigenvalue weighted by atomic mass is 10.0. The molecule has 0 amide bonds. The lowest BCUT2D eigenvalue weighted by molar-refractivity contribution is -0.422. The minimum absolute atomic E-state index is 0.0679. The number of nitriles is 1. The monoisotopic (exact) mass is 281 g/mol. The second kappa shape index (κ2) is 5.09. The van der Waals surface area contributed by atoms with E-state index >= 15 is 0 Å². The van der Waals surface area contributed by atoms with E-state index in [1.54, 1.807) is 24.5 Å². The molecule has 1 saturated heterocycles. The van der Waals surface area contributed by atoms with Gasteiger partial charge in [-0.3, -0.25) is 15.1 Å². The van der Waals surface area contributed by atoms with E-state index in [9.17, 15) is 10.1 Å². The molecule has 3 rings (SSSR count). The fourth-order valence-corrected chi connectivity index (χ4v) is 2.50. The van der Waals surface area contributed by atoms with Crippen LogP contribution in [0.3, 0.4) is 0 Å². The zero-order valence-electron chi connectivity index (χ0n) is 11.0. The molecular formula is C14H11N5O2. The Morgan fingerprint density at radius 3 is 3.10 bits per heavy atom. The summed E-state index contributed by atoms with van der Waals surface area (Å²) in [6.45, 7) is 1.25. The fraction of sp³-hybridized carbons (Fsp3) is 0.143. The Morgan fingerprint density at radius 1 is 1.57 bits per heavy atom. The van der Waals surface area contributed by atoms with Crippen LogP contribution in [0, 0.1) is 21.4 Å². The van der Waals surface area contributed by atoms with Crippen molar-refractivity contribution in [1.29, 1.82) is 5.26 Å². The largest absolute Gasteiger partial charge is 0.364 e. The summed E-state index contributed by atoms with van der Waals surface area (Å²) < 4.78 is 0. The second-order valence-electron chi connectivity index (χ2n) is 4.53. The van der Waals surface area contributed by atoms with Gasteiger partial charge in [0.15, 0.2) is 5.82 Å². The number of aromatic nitrogens is 1. The Morgan fingerprint density at radius 2 is 2.43 bits per heavy atom. The van der Waals surface area contributed by atoms with Crippen molar-refractivity contribution in [3.63, 3.8) is 0 Å². The molecule has 0 aliphatic carbocycles. The highest BCUT2D eigenvalue weighted by atomic mass is 16.6. The molecule has 0 unspecified atom stereocenters. The van der Waals surface area contributed by atoms with Crippen LogP contribution in [-0.2, 0) is 0 Å². The number of hydrogen-bond acceptors (Lipinski definition) is 6. The molecule has 104 valence electrons. The van der Waals surface area contributed by atoms with Crippen LogP contribution in [0.4, 0.5) is 0 Å². The molecule has 1 fully saturated rings. The van der Waals surface area contributed by atoms with Gasteiger partial charge in [0.05, 0.1) is 22.3 Å². The molecule has 7 heteroatoms. The summed E-state index contributed by atoms with van der Waals surface area (Å²) in [4.78, 5) is 16.8. The van der Waals surface area contributed by atoms with Gasteiger partial charge in [-0.2, -0.15) is 5.26 Å². The highest BCUT2D eigenvalue weighted by molar-refractivity contribution is 5.72. The third-order valence-electron chi connectivity index (χ3n) is 3.34. The topological polar surface area (TPSA) is 95.1 Å². The summed E-state index contributed by atoms with van der Waals surface area (Å²) in [5, 5.41) is 23.2. The van der Waals surface area contributed by atoms with E-state index < -0.39 is 4.92 Å². The van der Waals surface area contributed by atoms with Crippen molar-refractivity contribution in [2.45, 2.75) is 0 Å². The first-order valence-corrected chi connectivity index (χ1v) is 6.34. The SMILES string of the molecule is N#C/C=C1\C=C(c2cccnc2)N2CCNC2=C1[N+](=O)[O-]. The van der Waals surface area contributed by atoms with Crippen molar-refractivity contribution < 1.29 is 4.92 Å². The molecule has 0 saturated carbocycles. The Balaban J connectivity index is 2.17. The van der Waals surface area contributed by atoms with Gasteiger partial charge in [0.2, 0.25) is 0 Å². The third-order valence-corrected chi connectivity index (χ3v) is 3.34. The lowest BCUT2D eigenvalue weighted by Gasteiger charge is -2.26. The number of hydrogen-bond donors (Lipinski definition) is 1. The first-order chi connectivity index (χ1) is 10.2. The maximum atomic E-state index is 11.3. The average Bonchev–Trinajstić information content (AvgIpc) is 2.96. The summed E-state index contributed by atoms with van der Waals surface area (Å²) in [6.07, 6.45) is 6.22. The van der Waals surface area contributed by atoms with Crippen molar-refractivity contribution in [2.24, 2.45) is 0 Å². The molecule has 2 aliphatic rings. The lowest BCUT2D eigenvalue weighted by Crippen LogP contribution is -2.27. The molecule has 21 heavy (non-hydrogen) atoms. The molecule has 0 aromatic carbocycles. The van der Waals surface area contributed by atoms with Crippen molar-refractivity contribution in [1.82, 2.24) is 15.2 Å². The first-order valence-electron chi connectivity index (χ1n) is 6.34. The van der Waals surface area contributed by atoms with Crippen LogP contribution in [0.2, 0.25) is 0 Å². The van der Waals surface area contributed by atoms with Crippen LogP contribution in [-0.4, -0.2) is 27.9 Å². The van der Waals surface area contributed by atoms with Gasteiger partial charge < -0.3 is 10.2 Å². The average molecular weight is 281 g/mol. The molecule has 3 heterocycles. The van der Waals surface area contributed by atoms with Gasteiger partial charge in [-0.05, 0) is 18.2 Å². The predicted molar refractivity (Wildman–Crippen MR) is 74.6 cm³/mol. The van der Waals surface area contributed by atoms with E-state index in [1.165, 1.54) is 6.08 Å². The van der Waals surface area contributed by atoms with E-state index in [2.05, 4.69) is 10.3 Å². The third kappa shape index (κ3) is 2.12. The number of nitrogens with zero attached hydrogens (tertiary/aromatic N) is 4. The Hall–Kier alpha value is -3.14. The van der Waals surface area contributed by atoms with E-state index in [-0.39, 0.29) is 5.70 Å². The number of nitro groups is 1. The molecular weight excluding hydrogens is 270 g/mol. The Labute approximate surface area is 120 Å². The van der Waals surface area contributed by atoms with Gasteiger partial charge in [-0.1, -0.05) is 0 Å². The molecule has 0 bridgehead atoms. The minimum Gasteiger partial charge on any atom is -0.364 e. The van der Waals surface area contributed by atoms with E-state index in [0.717, 1.165) is 11.3 Å². The fourth-order valence-electron chi connectivity index (χ4n) is 2.50. The van der Waals surface area contributed by atoms with E-state index in [0.29, 0.717) is 24.5 Å². The van der Waals surface area contributed by atoms with Gasteiger partial charge in [-0.15, -0.1) is 0 Å². The van der Waals surface area contributed by atoms with Gasteiger partial charge in [-0.25, -0.2) is 0 Å². The number of rotatable bonds is 2. The van der Waals surface area contributed by atoms with E-state index in [4.69, 9.17) is 5.26 Å². The second-order valence-corrected chi connectivity index (χ2v) is 4.53. The molecule has 0 atom stereocenters.